The summed E-state index contributed by atoms with van der Waals surface area (Å²) >= 11 is 0. The van der Waals surface area contributed by atoms with Crippen LogP contribution in [-0.2, 0) is 16.0 Å². The molecule has 0 spiro atoms. The van der Waals surface area contributed by atoms with E-state index in [2.05, 4.69) is 0 Å². The molecule has 0 saturated carbocycles. The van der Waals surface area contributed by atoms with Crippen LogP contribution in [0.4, 0.5) is 0 Å². The van der Waals surface area contributed by atoms with Gasteiger partial charge in [-0.05, 0) is 37.5 Å². The van der Waals surface area contributed by atoms with Crippen molar-refractivity contribution < 1.29 is 14.6 Å². The van der Waals surface area contributed by atoms with Crippen molar-refractivity contribution in [3.05, 3.63) is 34.9 Å². The highest BCUT2D eigenvalue weighted by Gasteiger charge is 2.17. The lowest BCUT2D eigenvalue weighted by molar-refractivity contribution is -0.149. The highest BCUT2D eigenvalue weighted by Crippen LogP contribution is 2.12. The van der Waals surface area contributed by atoms with Gasteiger partial charge in [0.2, 0.25) is 0 Å². The van der Waals surface area contributed by atoms with Crippen LogP contribution in [0.2, 0.25) is 0 Å². The van der Waals surface area contributed by atoms with Crippen LogP contribution in [0, 0.1) is 13.8 Å². The molecule has 0 aliphatic rings. The zero-order valence-electron chi connectivity index (χ0n) is 9.99. The average Bonchev–Trinajstić information content (AvgIpc) is 2.22. The Morgan fingerprint density at radius 3 is 2.56 bits per heavy atom. The van der Waals surface area contributed by atoms with E-state index < -0.39 is 12.1 Å². The second-order valence-corrected chi connectivity index (χ2v) is 3.90. The number of hydrogen-bond acceptors (Lipinski definition) is 2. The standard InChI is InChI=1S/C13H18O3/c1-4-16-12(13(14)15)8-11-6-5-9(2)10(3)7-11/h5-7,12H,4,8H2,1-3H3,(H,14,15)/t12-/m0/s1. The SMILES string of the molecule is CCO[C@@H](Cc1ccc(C)c(C)c1)C(=O)O. The van der Waals surface area contributed by atoms with Gasteiger partial charge < -0.3 is 9.84 Å². The number of aliphatic carboxylic acids is 1. The van der Waals surface area contributed by atoms with E-state index in [1.807, 2.05) is 32.0 Å². The topological polar surface area (TPSA) is 46.5 Å². The Hall–Kier alpha value is -1.35. The van der Waals surface area contributed by atoms with E-state index in [-0.39, 0.29) is 0 Å². The van der Waals surface area contributed by atoms with Crippen LogP contribution in [0.15, 0.2) is 18.2 Å². The van der Waals surface area contributed by atoms with E-state index in [9.17, 15) is 4.79 Å². The molecule has 0 aliphatic carbocycles. The van der Waals surface area contributed by atoms with Gasteiger partial charge in [-0.3, -0.25) is 0 Å². The zero-order valence-corrected chi connectivity index (χ0v) is 9.99. The van der Waals surface area contributed by atoms with E-state index in [4.69, 9.17) is 9.84 Å². The van der Waals surface area contributed by atoms with Crippen molar-refractivity contribution in [2.24, 2.45) is 0 Å². The summed E-state index contributed by atoms with van der Waals surface area (Å²) in [7, 11) is 0. The summed E-state index contributed by atoms with van der Waals surface area (Å²) in [6, 6.07) is 5.98. The monoisotopic (exact) mass is 222 g/mol. The average molecular weight is 222 g/mol. The van der Waals surface area contributed by atoms with E-state index >= 15 is 0 Å². The first kappa shape index (κ1) is 12.7. The van der Waals surface area contributed by atoms with Gasteiger partial charge in [-0.25, -0.2) is 4.79 Å². The predicted molar refractivity (Wildman–Crippen MR) is 62.7 cm³/mol. The maximum absolute atomic E-state index is 10.9. The van der Waals surface area contributed by atoms with Crippen LogP contribution in [0.5, 0.6) is 0 Å². The molecule has 0 aliphatic heterocycles. The van der Waals surface area contributed by atoms with Gasteiger partial charge in [0.15, 0.2) is 6.10 Å². The molecule has 1 aromatic rings. The lowest BCUT2D eigenvalue weighted by atomic mass is 10.0. The maximum atomic E-state index is 10.9. The first-order valence-electron chi connectivity index (χ1n) is 5.45. The number of carbonyl (C=O) groups is 1. The number of aryl methyl sites for hydroxylation is 2. The van der Waals surface area contributed by atoms with Gasteiger partial charge in [0.1, 0.15) is 0 Å². The third-order valence-electron chi connectivity index (χ3n) is 2.64. The van der Waals surface area contributed by atoms with Gasteiger partial charge in [-0.2, -0.15) is 0 Å². The molecule has 1 aromatic carbocycles. The third-order valence-corrected chi connectivity index (χ3v) is 2.64. The van der Waals surface area contributed by atoms with Crippen LogP contribution in [-0.4, -0.2) is 23.8 Å². The fourth-order valence-corrected chi connectivity index (χ4v) is 1.56. The number of carboxylic acid groups (broad SMARTS) is 1. The van der Waals surface area contributed by atoms with Gasteiger partial charge in [0, 0.05) is 13.0 Å². The molecule has 0 aromatic heterocycles. The minimum absolute atomic E-state index is 0.418. The molecule has 0 amide bonds. The van der Waals surface area contributed by atoms with Crippen molar-refractivity contribution in [3.8, 4) is 0 Å². The fraction of sp³-hybridized carbons (Fsp3) is 0.462. The number of hydrogen-bond donors (Lipinski definition) is 1. The highest BCUT2D eigenvalue weighted by molar-refractivity contribution is 5.72. The third kappa shape index (κ3) is 3.35. The van der Waals surface area contributed by atoms with Gasteiger partial charge in [0.25, 0.3) is 0 Å². The van der Waals surface area contributed by atoms with E-state index in [1.54, 1.807) is 6.92 Å². The fourth-order valence-electron chi connectivity index (χ4n) is 1.56. The van der Waals surface area contributed by atoms with Crippen molar-refractivity contribution in [2.75, 3.05) is 6.61 Å². The molecule has 1 N–H and O–H groups in total. The molecule has 1 rings (SSSR count). The minimum atomic E-state index is -0.903. The number of benzene rings is 1. The van der Waals surface area contributed by atoms with Gasteiger partial charge in [-0.15, -0.1) is 0 Å². The van der Waals surface area contributed by atoms with Crippen LogP contribution >= 0.6 is 0 Å². The van der Waals surface area contributed by atoms with Crippen molar-refractivity contribution in [1.82, 2.24) is 0 Å². The summed E-state index contributed by atoms with van der Waals surface area (Å²) in [6.07, 6.45) is -0.322. The first-order chi connectivity index (χ1) is 7.54. The summed E-state index contributed by atoms with van der Waals surface area (Å²) in [5.74, 6) is -0.903. The number of rotatable bonds is 5. The van der Waals surface area contributed by atoms with Crippen LogP contribution in [0.3, 0.4) is 0 Å². The van der Waals surface area contributed by atoms with Gasteiger partial charge >= 0.3 is 5.97 Å². The molecule has 16 heavy (non-hydrogen) atoms. The zero-order chi connectivity index (χ0) is 12.1. The summed E-state index contributed by atoms with van der Waals surface area (Å²) in [5, 5.41) is 8.96. The van der Waals surface area contributed by atoms with Gasteiger partial charge in [0.05, 0.1) is 0 Å². The van der Waals surface area contributed by atoms with Crippen molar-refractivity contribution in [1.29, 1.82) is 0 Å². The molecule has 3 nitrogen and oxygen atoms in total. The Bertz CT molecular complexity index is 371. The van der Waals surface area contributed by atoms with Gasteiger partial charge in [-0.1, -0.05) is 18.2 Å². The van der Waals surface area contributed by atoms with Crippen molar-refractivity contribution >= 4 is 5.97 Å². The van der Waals surface area contributed by atoms with E-state index in [0.717, 1.165) is 5.56 Å². The Balaban J connectivity index is 2.77. The quantitative estimate of drug-likeness (QED) is 0.831. The van der Waals surface area contributed by atoms with Crippen LogP contribution in [0.25, 0.3) is 0 Å². The molecule has 0 bridgehead atoms. The maximum Gasteiger partial charge on any atom is 0.333 e. The molecular weight excluding hydrogens is 204 g/mol. The normalized spacial score (nSPS) is 12.4. The Kier molecular flexibility index (Phi) is 4.50. The number of ether oxygens (including phenoxy) is 1. The molecule has 0 heterocycles. The molecular formula is C13H18O3. The van der Waals surface area contributed by atoms with Crippen molar-refractivity contribution in [2.45, 2.75) is 33.3 Å². The first-order valence-corrected chi connectivity index (χ1v) is 5.45. The molecule has 0 radical (unpaired) electrons. The molecule has 0 fully saturated rings. The number of carboxylic acids is 1. The van der Waals surface area contributed by atoms with E-state index in [1.165, 1.54) is 11.1 Å². The minimum Gasteiger partial charge on any atom is -0.479 e. The summed E-state index contributed by atoms with van der Waals surface area (Å²) < 4.78 is 5.18. The lowest BCUT2D eigenvalue weighted by Crippen LogP contribution is -2.26. The Labute approximate surface area is 96.1 Å². The Morgan fingerprint density at radius 1 is 1.38 bits per heavy atom. The van der Waals surface area contributed by atoms with Crippen molar-refractivity contribution in [3.63, 3.8) is 0 Å². The summed E-state index contributed by atoms with van der Waals surface area (Å²) in [5.41, 5.74) is 3.40. The summed E-state index contributed by atoms with van der Waals surface area (Å²) in [4.78, 5) is 10.9. The molecule has 0 saturated heterocycles. The molecule has 3 heteroatoms. The molecule has 0 unspecified atom stereocenters. The largest absolute Gasteiger partial charge is 0.479 e. The molecule has 88 valence electrons. The second kappa shape index (κ2) is 5.66. The molecule has 1 atom stereocenters. The van der Waals surface area contributed by atoms with E-state index in [0.29, 0.717) is 13.0 Å². The van der Waals surface area contributed by atoms with Crippen LogP contribution < -0.4 is 0 Å². The highest BCUT2D eigenvalue weighted by atomic mass is 16.5. The predicted octanol–water partition coefficient (Wildman–Crippen LogP) is 2.34. The smallest absolute Gasteiger partial charge is 0.333 e. The lowest BCUT2D eigenvalue weighted by Gasteiger charge is -2.13. The Morgan fingerprint density at radius 2 is 2.06 bits per heavy atom. The summed E-state index contributed by atoms with van der Waals surface area (Å²) in [6.45, 7) is 6.28. The second-order valence-electron chi connectivity index (χ2n) is 3.90. The van der Waals surface area contributed by atoms with Crippen LogP contribution in [0.1, 0.15) is 23.6 Å².